The van der Waals surface area contributed by atoms with E-state index >= 15 is 0 Å². The van der Waals surface area contributed by atoms with Gasteiger partial charge in [-0.2, -0.15) is 0 Å². The van der Waals surface area contributed by atoms with E-state index in [0.29, 0.717) is 6.10 Å². The third-order valence-corrected chi connectivity index (χ3v) is 4.74. The summed E-state index contributed by atoms with van der Waals surface area (Å²) in [6, 6.07) is 0.275. The third-order valence-electron chi connectivity index (χ3n) is 4.74. The Bertz CT molecular complexity index is 219. The monoisotopic (exact) mass is 269 g/mol. The molecule has 19 heavy (non-hydrogen) atoms. The molecular weight excluding hydrogens is 234 g/mol. The fraction of sp³-hybridized carbons (Fsp3) is 1.00. The van der Waals surface area contributed by atoms with Crippen LogP contribution in [-0.4, -0.2) is 18.8 Å². The predicted molar refractivity (Wildman–Crippen MR) is 83.3 cm³/mol. The zero-order valence-electron chi connectivity index (χ0n) is 13.4. The molecule has 2 nitrogen and oxygen atoms in total. The number of unbranched alkanes of at least 4 members (excludes halogenated alkanes) is 1. The Morgan fingerprint density at radius 3 is 2.58 bits per heavy atom. The topological polar surface area (TPSA) is 35.2 Å². The van der Waals surface area contributed by atoms with Gasteiger partial charge in [-0.3, -0.25) is 0 Å². The van der Waals surface area contributed by atoms with Gasteiger partial charge in [0, 0.05) is 12.6 Å². The van der Waals surface area contributed by atoms with Crippen molar-refractivity contribution in [1.29, 1.82) is 0 Å². The molecule has 2 N–H and O–H groups in total. The molecule has 0 saturated heterocycles. The van der Waals surface area contributed by atoms with Gasteiger partial charge in [-0.15, -0.1) is 0 Å². The first-order chi connectivity index (χ1) is 9.21. The van der Waals surface area contributed by atoms with Crippen molar-refractivity contribution in [2.45, 2.75) is 90.7 Å². The highest BCUT2D eigenvalue weighted by Gasteiger charge is 2.28. The smallest absolute Gasteiger partial charge is 0.0728 e. The van der Waals surface area contributed by atoms with E-state index in [9.17, 15) is 0 Å². The number of nitrogens with two attached hydrogens (primary N) is 1. The molecule has 0 aromatic carbocycles. The maximum atomic E-state index is 6.24. The lowest BCUT2D eigenvalue weighted by Crippen LogP contribution is -2.42. The normalized spacial score (nSPS) is 29.4. The molecule has 0 bridgehead atoms. The first kappa shape index (κ1) is 17.0. The van der Waals surface area contributed by atoms with Crippen molar-refractivity contribution >= 4 is 0 Å². The largest absolute Gasteiger partial charge is 0.376 e. The molecule has 4 unspecified atom stereocenters. The number of hydrogen-bond donors (Lipinski definition) is 1. The Labute approximate surface area is 120 Å². The van der Waals surface area contributed by atoms with Gasteiger partial charge >= 0.3 is 0 Å². The molecule has 1 aliphatic carbocycles. The van der Waals surface area contributed by atoms with Crippen LogP contribution in [0.4, 0.5) is 0 Å². The molecule has 0 aliphatic heterocycles. The standard InChI is InChI=1S/C17H35NO/c1-4-7-9-14(6-3)13-19-17-12-15(8-5-2)10-11-16(17)18/h14-17H,4-13,18H2,1-3H3. The minimum Gasteiger partial charge on any atom is -0.376 e. The van der Waals surface area contributed by atoms with E-state index < -0.39 is 0 Å². The van der Waals surface area contributed by atoms with Gasteiger partial charge in [0.1, 0.15) is 0 Å². The van der Waals surface area contributed by atoms with Crippen LogP contribution in [0.5, 0.6) is 0 Å². The Balaban J connectivity index is 2.31. The maximum absolute atomic E-state index is 6.24. The van der Waals surface area contributed by atoms with Crippen molar-refractivity contribution in [2.24, 2.45) is 17.6 Å². The average Bonchev–Trinajstić information content (AvgIpc) is 2.42. The summed E-state index contributed by atoms with van der Waals surface area (Å²) in [5.74, 6) is 1.59. The molecule has 114 valence electrons. The zero-order valence-corrected chi connectivity index (χ0v) is 13.4. The van der Waals surface area contributed by atoms with Gasteiger partial charge in [0.15, 0.2) is 0 Å². The van der Waals surface area contributed by atoms with E-state index in [1.54, 1.807) is 0 Å². The fourth-order valence-electron chi connectivity index (χ4n) is 3.26. The molecule has 0 aromatic rings. The van der Waals surface area contributed by atoms with E-state index in [2.05, 4.69) is 20.8 Å². The minimum atomic E-state index is 0.275. The summed E-state index contributed by atoms with van der Waals surface area (Å²) in [6.45, 7) is 7.75. The second kappa shape index (κ2) is 9.77. The lowest BCUT2D eigenvalue weighted by molar-refractivity contribution is -0.0200. The highest BCUT2D eigenvalue weighted by molar-refractivity contribution is 4.83. The molecule has 2 heteroatoms. The molecular formula is C17H35NO. The molecule has 1 rings (SSSR count). The molecule has 4 atom stereocenters. The minimum absolute atomic E-state index is 0.275. The van der Waals surface area contributed by atoms with Crippen molar-refractivity contribution in [1.82, 2.24) is 0 Å². The van der Waals surface area contributed by atoms with E-state index in [1.807, 2.05) is 0 Å². The summed E-state index contributed by atoms with van der Waals surface area (Å²) >= 11 is 0. The van der Waals surface area contributed by atoms with Gasteiger partial charge in [-0.05, 0) is 37.5 Å². The molecule has 0 radical (unpaired) electrons. The van der Waals surface area contributed by atoms with E-state index in [1.165, 1.54) is 51.4 Å². The predicted octanol–water partition coefficient (Wildman–Crippen LogP) is 4.52. The number of hydrogen-bond acceptors (Lipinski definition) is 2. The summed E-state index contributed by atoms with van der Waals surface area (Å²) in [6.07, 6.45) is 11.8. The van der Waals surface area contributed by atoms with Crippen molar-refractivity contribution < 1.29 is 4.74 Å². The summed E-state index contributed by atoms with van der Waals surface area (Å²) in [5, 5.41) is 0. The van der Waals surface area contributed by atoms with Gasteiger partial charge in [-0.1, -0.05) is 52.9 Å². The highest BCUT2D eigenvalue weighted by atomic mass is 16.5. The molecule has 0 aromatic heterocycles. The van der Waals surface area contributed by atoms with Gasteiger partial charge in [0.2, 0.25) is 0 Å². The Kier molecular flexibility index (Phi) is 8.72. The van der Waals surface area contributed by atoms with Crippen LogP contribution in [0.25, 0.3) is 0 Å². The average molecular weight is 269 g/mol. The fourth-order valence-corrected chi connectivity index (χ4v) is 3.26. The molecule has 1 saturated carbocycles. The summed E-state index contributed by atoms with van der Waals surface area (Å²) < 4.78 is 6.20. The molecule has 1 fully saturated rings. The van der Waals surface area contributed by atoms with Crippen LogP contribution in [-0.2, 0) is 4.74 Å². The highest BCUT2D eigenvalue weighted by Crippen LogP contribution is 2.29. The zero-order chi connectivity index (χ0) is 14.1. The SMILES string of the molecule is CCCCC(CC)COC1CC(CCC)CCC1N. The van der Waals surface area contributed by atoms with Gasteiger partial charge in [-0.25, -0.2) is 0 Å². The summed E-state index contributed by atoms with van der Waals surface area (Å²) in [4.78, 5) is 0. The van der Waals surface area contributed by atoms with Crippen molar-refractivity contribution in [3.63, 3.8) is 0 Å². The Morgan fingerprint density at radius 2 is 1.95 bits per heavy atom. The number of ether oxygens (including phenoxy) is 1. The van der Waals surface area contributed by atoms with Crippen molar-refractivity contribution in [2.75, 3.05) is 6.61 Å². The summed E-state index contributed by atoms with van der Waals surface area (Å²) in [5.41, 5.74) is 6.24. The van der Waals surface area contributed by atoms with Crippen molar-refractivity contribution in [3.05, 3.63) is 0 Å². The van der Waals surface area contributed by atoms with Crippen LogP contribution in [0, 0.1) is 11.8 Å². The van der Waals surface area contributed by atoms with Gasteiger partial charge in [0.05, 0.1) is 6.10 Å². The third kappa shape index (κ3) is 6.27. The van der Waals surface area contributed by atoms with Gasteiger partial charge in [0.25, 0.3) is 0 Å². The van der Waals surface area contributed by atoms with Crippen LogP contribution in [0.15, 0.2) is 0 Å². The molecule has 1 aliphatic rings. The van der Waals surface area contributed by atoms with Crippen LogP contribution in [0.3, 0.4) is 0 Å². The van der Waals surface area contributed by atoms with E-state index in [0.717, 1.165) is 24.9 Å². The van der Waals surface area contributed by atoms with E-state index in [-0.39, 0.29) is 6.04 Å². The Morgan fingerprint density at radius 1 is 1.16 bits per heavy atom. The van der Waals surface area contributed by atoms with Crippen LogP contribution < -0.4 is 5.73 Å². The second-order valence-corrected chi connectivity index (χ2v) is 6.42. The van der Waals surface area contributed by atoms with E-state index in [4.69, 9.17) is 10.5 Å². The first-order valence-corrected chi connectivity index (χ1v) is 8.58. The first-order valence-electron chi connectivity index (χ1n) is 8.58. The van der Waals surface area contributed by atoms with Crippen LogP contribution >= 0.6 is 0 Å². The molecule has 0 heterocycles. The molecule has 0 amide bonds. The number of rotatable bonds is 9. The summed E-state index contributed by atoms with van der Waals surface area (Å²) in [7, 11) is 0. The molecule has 0 spiro atoms. The lowest BCUT2D eigenvalue weighted by atomic mass is 9.82. The van der Waals surface area contributed by atoms with Crippen LogP contribution in [0.1, 0.15) is 78.6 Å². The van der Waals surface area contributed by atoms with Crippen molar-refractivity contribution in [3.8, 4) is 0 Å². The second-order valence-electron chi connectivity index (χ2n) is 6.42. The quantitative estimate of drug-likeness (QED) is 0.668. The van der Waals surface area contributed by atoms with Crippen LogP contribution in [0.2, 0.25) is 0 Å². The van der Waals surface area contributed by atoms with Gasteiger partial charge < -0.3 is 10.5 Å². The maximum Gasteiger partial charge on any atom is 0.0728 e. The lowest BCUT2D eigenvalue weighted by Gasteiger charge is -2.34. The Hall–Kier alpha value is -0.0800.